The smallest absolute Gasteiger partial charge is 0.387 e. The standard InChI is InChI=1S/C19H19F2N5O2/c1-13-2-6-15(7-3-13)18-23-25-26(24-18)12-17(27)22-11-10-14-4-8-16(9-5-14)28-19(20)21/h2-9,19H,10-12H2,1H3,(H,22,27). The molecule has 9 heteroatoms. The van der Waals surface area contributed by atoms with Gasteiger partial charge in [-0.2, -0.15) is 13.6 Å². The van der Waals surface area contributed by atoms with Gasteiger partial charge in [0.15, 0.2) is 0 Å². The van der Waals surface area contributed by atoms with Crippen LogP contribution in [-0.2, 0) is 17.8 Å². The Morgan fingerprint density at radius 3 is 2.54 bits per heavy atom. The molecule has 0 saturated heterocycles. The number of carbonyl (C=O) groups excluding carboxylic acids is 1. The summed E-state index contributed by atoms with van der Waals surface area (Å²) in [6.45, 7) is -0.501. The van der Waals surface area contributed by atoms with Gasteiger partial charge in [0.05, 0.1) is 0 Å². The third-order valence-electron chi connectivity index (χ3n) is 3.93. The van der Waals surface area contributed by atoms with Crippen LogP contribution in [0.1, 0.15) is 11.1 Å². The van der Waals surface area contributed by atoms with Crippen molar-refractivity contribution in [3.63, 3.8) is 0 Å². The van der Waals surface area contributed by atoms with Gasteiger partial charge in [-0.25, -0.2) is 0 Å². The largest absolute Gasteiger partial charge is 0.435 e. The van der Waals surface area contributed by atoms with Crippen molar-refractivity contribution >= 4 is 5.91 Å². The van der Waals surface area contributed by atoms with Crippen molar-refractivity contribution in [1.82, 2.24) is 25.5 Å². The molecule has 0 unspecified atom stereocenters. The minimum absolute atomic E-state index is 0.0416. The molecule has 1 N–H and O–H groups in total. The minimum Gasteiger partial charge on any atom is -0.435 e. The molecular formula is C19H19F2N5O2. The number of alkyl halides is 2. The molecule has 2 aromatic carbocycles. The molecular weight excluding hydrogens is 368 g/mol. The lowest BCUT2D eigenvalue weighted by Crippen LogP contribution is -2.30. The Kier molecular flexibility index (Phi) is 6.25. The van der Waals surface area contributed by atoms with Crippen LogP contribution >= 0.6 is 0 Å². The Labute approximate surface area is 160 Å². The fourth-order valence-corrected chi connectivity index (χ4v) is 2.50. The van der Waals surface area contributed by atoms with Crippen LogP contribution in [0.25, 0.3) is 11.4 Å². The minimum atomic E-state index is -2.85. The van der Waals surface area contributed by atoms with Crippen LogP contribution in [0.15, 0.2) is 48.5 Å². The predicted molar refractivity (Wildman–Crippen MR) is 97.8 cm³/mol. The van der Waals surface area contributed by atoms with E-state index < -0.39 is 6.61 Å². The zero-order valence-corrected chi connectivity index (χ0v) is 15.2. The monoisotopic (exact) mass is 387 g/mol. The summed E-state index contributed by atoms with van der Waals surface area (Å²) in [5.41, 5.74) is 2.85. The van der Waals surface area contributed by atoms with Gasteiger partial charge in [-0.1, -0.05) is 42.0 Å². The first-order valence-corrected chi connectivity index (χ1v) is 8.65. The molecule has 146 valence electrons. The SMILES string of the molecule is Cc1ccc(-c2nnn(CC(=O)NCCc3ccc(OC(F)F)cc3)n2)cc1. The molecule has 0 atom stereocenters. The Morgan fingerprint density at radius 2 is 1.86 bits per heavy atom. The molecule has 0 aliphatic carbocycles. The second kappa shape index (κ2) is 9.03. The number of halogens is 2. The van der Waals surface area contributed by atoms with E-state index in [2.05, 4.69) is 25.5 Å². The number of rotatable bonds is 8. The molecule has 0 bridgehead atoms. The Bertz CT molecular complexity index is 911. The summed E-state index contributed by atoms with van der Waals surface area (Å²) in [4.78, 5) is 13.3. The van der Waals surface area contributed by atoms with Crippen molar-refractivity contribution in [3.8, 4) is 17.1 Å². The van der Waals surface area contributed by atoms with Gasteiger partial charge in [0.1, 0.15) is 12.3 Å². The van der Waals surface area contributed by atoms with Crippen molar-refractivity contribution in [2.45, 2.75) is 26.5 Å². The number of hydrogen-bond donors (Lipinski definition) is 1. The summed E-state index contributed by atoms with van der Waals surface area (Å²) in [7, 11) is 0. The fraction of sp³-hybridized carbons (Fsp3) is 0.263. The number of benzene rings is 2. The van der Waals surface area contributed by atoms with Gasteiger partial charge in [-0.3, -0.25) is 4.79 Å². The maximum atomic E-state index is 12.1. The van der Waals surface area contributed by atoms with Gasteiger partial charge in [-0.05, 0) is 36.3 Å². The molecule has 0 fully saturated rings. The molecule has 7 nitrogen and oxygen atoms in total. The predicted octanol–water partition coefficient (Wildman–Crippen LogP) is 2.61. The number of nitrogens with zero attached hydrogens (tertiary/aromatic N) is 4. The summed E-state index contributed by atoms with van der Waals surface area (Å²) >= 11 is 0. The van der Waals surface area contributed by atoms with E-state index in [4.69, 9.17) is 0 Å². The number of tetrazole rings is 1. The van der Waals surface area contributed by atoms with E-state index in [1.54, 1.807) is 12.1 Å². The molecule has 0 aliphatic heterocycles. The van der Waals surface area contributed by atoms with Gasteiger partial charge < -0.3 is 10.1 Å². The van der Waals surface area contributed by atoms with Gasteiger partial charge in [-0.15, -0.1) is 10.2 Å². The van der Waals surface area contributed by atoms with Crippen molar-refractivity contribution < 1.29 is 18.3 Å². The molecule has 0 spiro atoms. The van der Waals surface area contributed by atoms with Crippen LogP contribution in [0.4, 0.5) is 8.78 Å². The molecule has 0 radical (unpaired) electrons. The van der Waals surface area contributed by atoms with Crippen LogP contribution in [0, 0.1) is 6.92 Å². The number of aryl methyl sites for hydroxylation is 1. The molecule has 3 rings (SSSR count). The maximum absolute atomic E-state index is 12.1. The van der Waals surface area contributed by atoms with E-state index in [-0.39, 0.29) is 18.2 Å². The summed E-state index contributed by atoms with van der Waals surface area (Å²) < 4.78 is 28.5. The number of aromatic nitrogens is 4. The van der Waals surface area contributed by atoms with Gasteiger partial charge in [0, 0.05) is 12.1 Å². The van der Waals surface area contributed by atoms with E-state index >= 15 is 0 Å². The van der Waals surface area contributed by atoms with E-state index in [1.165, 1.54) is 16.9 Å². The normalized spacial score (nSPS) is 10.9. The van der Waals surface area contributed by atoms with Crippen LogP contribution in [0.2, 0.25) is 0 Å². The topological polar surface area (TPSA) is 81.9 Å². The van der Waals surface area contributed by atoms with Crippen LogP contribution in [-0.4, -0.2) is 39.3 Å². The maximum Gasteiger partial charge on any atom is 0.387 e. The first-order chi connectivity index (χ1) is 13.5. The Balaban J connectivity index is 1.45. The molecule has 3 aromatic rings. The molecule has 28 heavy (non-hydrogen) atoms. The number of amides is 1. The highest BCUT2D eigenvalue weighted by molar-refractivity contribution is 5.75. The number of nitrogens with one attached hydrogen (secondary N) is 1. The van der Waals surface area contributed by atoms with E-state index in [0.29, 0.717) is 18.8 Å². The number of ether oxygens (including phenoxy) is 1. The number of hydrogen-bond acceptors (Lipinski definition) is 5. The fourth-order valence-electron chi connectivity index (χ4n) is 2.50. The summed E-state index contributed by atoms with van der Waals surface area (Å²) in [5.74, 6) is 0.314. The summed E-state index contributed by atoms with van der Waals surface area (Å²) in [6.07, 6.45) is 0.556. The first-order valence-electron chi connectivity index (χ1n) is 8.65. The molecule has 0 aliphatic rings. The lowest BCUT2D eigenvalue weighted by atomic mass is 10.1. The average Bonchev–Trinajstić information content (AvgIpc) is 3.11. The van der Waals surface area contributed by atoms with Crippen molar-refractivity contribution in [3.05, 3.63) is 59.7 Å². The summed E-state index contributed by atoms with van der Waals surface area (Å²) in [6, 6.07) is 14.0. The van der Waals surface area contributed by atoms with Crippen molar-refractivity contribution in [2.75, 3.05) is 6.54 Å². The average molecular weight is 387 g/mol. The van der Waals surface area contributed by atoms with Crippen LogP contribution in [0.5, 0.6) is 5.75 Å². The van der Waals surface area contributed by atoms with E-state index in [1.807, 2.05) is 31.2 Å². The Hall–Kier alpha value is -3.36. The second-order valence-corrected chi connectivity index (χ2v) is 6.13. The molecule has 1 amide bonds. The Morgan fingerprint density at radius 1 is 1.14 bits per heavy atom. The zero-order valence-electron chi connectivity index (χ0n) is 15.2. The van der Waals surface area contributed by atoms with Gasteiger partial charge in [0.2, 0.25) is 11.7 Å². The highest BCUT2D eigenvalue weighted by Crippen LogP contribution is 2.15. The van der Waals surface area contributed by atoms with E-state index in [9.17, 15) is 13.6 Å². The zero-order chi connectivity index (χ0) is 19.9. The molecule has 1 aromatic heterocycles. The quantitative estimate of drug-likeness (QED) is 0.643. The van der Waals surface area contributed by atoms with Crippen molar-refractivity contribution in [1.29, 1.82) is 0 Å². The third kappa shape index (κ3) is 5.57. The van der Waals surface area contributed by atoms with E-state index in [0.717, 1.165) is 16.7 Å². The van der Waals surface area contributed by atoms with Crippen LogP contribution < -0.4 is 10.1 Å². The summed E-state index contributed by atoms with van der Waals surface area (Å²) in [5, 5.41) is 14.8. The van der Waals surface area contributed by atoms with Gasteiger partial charge >= 0.3 is 6.61 Å². The number of carbonyl (C=O) groups is 1. The van der Waals surface area contributed by atoms with Crippen LogP contribution in [0.3, 0.4) is 0 Å². The third-order valence-corrected chi connectivity index (χ3v) is 3.93. The lowest BCUT2D eigenvalue weighted by Gasteiger charge is -2.07. The second-order valence-electron chi connectivity index (χ2n) is 6.13. The van der Waals surface area contributed by atoms with Gasteiger partial charge in [0.25, 0.3) is 0 Å². The lowest BCUT2D eigenvalue weighted by molar-refractivity contribution is -0.122. The van der Waals surface area contributed by atoms with Crippen molar-refractivity contribution in [2.24, 2.45) is 0 Å². The highest BCUT2D eigenvalue weighted by Gasteiger charge is 2.09. The highest BCUT2D eigenvalue weighted by atomic mass is 19.3. The molecule has 0 saturated carbocycles. The first kappa shape index (κ1) is 19.4. The molecule has 1 heterocycles.